The van der Waals surface area contributed by atoms with Crippen LogP contribution in [-0.4, -0.2) is 19.8 Å². The summed E-state index contributed by atoms with van der Waals surface area (Å²) in [4.78, 5) is 0. The fourth-order valence-electron chi connectivity index (χ4n) is 1.57. The van der Waals surface area contributed by atoms with Crippen molar-refractivity contribution in [2.45, 2.75) is 32.7 Å². The van der Waals surface area contributed by atoms with Crippen molar-refractivity contribution in [1.29, 1.82) is 0 Å². The molecular weight excluding hydrogens is 234 g/mol. The zero-order valence-electron chi connectivity index (χ0n) is 10.7. The van der Waals surface area contributed by atoms with E-state index in [-0.39, 0.29) is 0 Å². The van der Waals surface area contributed by atoms with Crippen molar-refractivity contribution in [1.82, 2.24) is 5.32 Å². The number of unbranched alkanes of at least 4 members (excludes halogenated alkanes) is 1. The summed E-state index contributed by atoms with van der Waals surface area (Å²) in [5, 5.41) is 4.21. The number of nitrogens with one attached hydrogen (secondary N) is 1. The van der Waals surface area contributed by atoms with Crippen LogP contribution in [0.25, 0.3) is 0 Å². The lowest BCUT2D eigenvalue weighted by atomic mass is 10.1. The highest BCUT2D eigenvalue weighted by atomic mass is 35.5. The monoisotopic (exact) mass is 255 g/mol. The summed E-state index contributed by atoms with van der Waals surface area (Å²) in [5.41, 5.74) is 1.25. The molecule has 0 radical (unpaired) electrons. The van der Waals surface area contributed by atoms with Gasteiger partial charge < -0.3 is 10.1 Å². The van der Waals surface area contributed by atoms with Crippen LogP contribution in [0.3, 0.4) is 0 Å². The molecule has 0 spiro atoms. The van der Waals surface area contributed by atoms with E-state index in [1.165, 1.54) is 12.0 Å². The first-order valence-corrected chi connectivity index (χ1v) is 6.68. The summed E-state index contributed by atoms with van der Waals surface area (Å²) >= 11 is 5.85. The Labute approximate surface area is 109 Å². The quantitative estimate of drug-likeness (QED) is 0.714. The van der Waals surface area contributed by atoms with Gasteiger partial charge in [0, 0.05) is 24.2 Å². The normalized spacial score (nSPS) is 12.6. The third-order valence-corrected chi connectivity index (χ3v) is 2.96. The summed E-state index contributed by atoms with van der Waals surface area (Å²) in [5.74, 6) is 0. The van der Waals surface area contributed by atoms with Gasteiger partial charge in [-0.3, -0.25) is 0 Å². The average Bonchev–Trinajstić information content (AvgIpc) is 2.34. The number of hydrogen-bond donors (Lipinski definition) is 1. The third-order valence-electron chi connectivity index (χ3n) is 2.71. The molecule has 0 fully saturated rings. The fourth-order valence-corrected chi connectivity index (χ4v) is 1.69. The molecule has 1 atom stereocenters. The molecule has 0 saturated carbocycles. The van der Waals surface area contributed by atoms with Crippen LogP contribution >= 0.6 is 11.6 Å². The van der Waals surface area contributed by atoms with Crippen LogP contribution in [0.4, 0.5) is 0 Å². The van der Waals surface area contributed by atoms with Crippen molar-refractivity contribution in [3.63, 3.8) is 0 Å². The maximum Gasteiger partial charge on any atom is 0.0591 e. The van der Waals surface area contributed by atoms with Gasteiger partial charge in [0.05, 0.1) is 6.61 Å². The smallest absolute Gasteiger partial charge is 0.0591 e. The lowest BCUT2D eigenvalue weighted by Crippen LogP contribution is -2.23. The van der Waals surface area contributed by atoms with E-state index in [0.717, 1.165) is 31.2 Å². The maximum absolute atomic E-state index is 5.85. The lowest BCUT2D eigenvalue weighted by molar-refractivity contribution is 0.131. The van der Waals surface area contributed by atoms with Crippen molar-refractivity contribution < 1.29 is 4.74 Å². The van der Waals surface area contributed by atoms with Crippen molar-refractivity contribution >= 4 is 11.6 Å². The first kappa shape index (κ1) is 14.5. The van der Waals surface area contributed by atoms with Crippen molar-refractivity contribution in [2.75, 3.05) is 19.8 Å². The van der Waals surface area contributed by atoms with Gasteiger partial charge in [-0.2, -0.15) is 0 Å². The van der Waals surface area contributed by atoms with E-state index in [4.69, 9.17) is 16.3 Å². The molecule has 0 saturated heterocycles. The molecule has 0 aliphatic carbocycles. The van der Waals surface area contributed by atoms with Crippen LogP contribution in [0.15, 0.2) is 24.3 Å². The molecule has 1 aromatic rings. The van der Waals surface area contributed by atoms with E-state index in [0.29, 0.717) is 6.04 Å². The fraction of sp³-hybridized carbons (Fsp3) is 0.571. The molecule has 1 rings (SSSR count). The van der Waals surface area contributed by atoms with Gasteiger partial charge in [0.15, 0.2) is 0 Å². The Kier molecular flexibility index (Phi) is 7.25. The second-order valence-corrected chi connectivity index (χ2v) is 4.63. The van der Waals surface area contributed by atoms with E-state index in [1.54, 1.807) is 0 Å². The van der Waals surface area contributed by atoms with Crippen LogP contribution in [-0.2, 0) is 4.74 Å². The summed E-state index contributed by atoms with van der Waals surface area (Å²) < 4.78 is 5.50. The number of benzene rings is 1. The Morgan fingerprint density at radius 2 is 1.94 bits per heavy atom. The Morgan fingerprint density at radius 3 is 2.59 bits per heavy atom. The molecule has 0 amide bonds. The van der Waals surface area contributed by atoms with E-state index in [9.17, 15) is 0 Å². The molecule has 1 aromatic carbocycles. The number of halogens is 1. The molecule has 0 aliphatic heterocycles. The summed E-state index contributed by atoms with van der Waals surface area (Å²) in [6.07, 6.45) is 2.33. The number of hydrogen-bond acceptors (Lipinski definition) is 2. The van der Waals surface area contributed by atoms with E-state index in [2.05, 4.69) is 31.3 Å². The van der Waals surface area contributed by atoms with Gasteiger partial charge in [0.25, 0.3) is 0 Å². The molecule has 3 heteroatoms. The molecule has 17 heavy (non-hydrogen) atoms. The van der Waals surface area contributed by atoms with Crippen molar-refractivity contribution in [3.8, 4) is 0 Å². The standard InChI is InChI=1S/C14H22ClNO/c1-3-4-10-17-11-9-16-12(2)13-5-7-14(15)8-6-13/h5-8,12,16H,3-4,9-11H2,1-2H3. The molecule has 1 N–H and O–H groups in total. The first-order valence-electron chi connectivity index (χ1n) is 6.30. The van der Waals surface area contributed by atoms with Gasteiger partial charge in [0.2, 0.25) is 0 Å². The highest BCUT2D eigenvalue weighted by molar-refractivity contribution is 6.30. The summed E-state index contributed by atoms with van der Waals surface area (Å²) in [6, 6.07) is 8.29. The molecule has 2 nitrogen and oxygen atoms in total. The Bertz CT molecular complexity index is 300. The minimum Gasteiger partial charge on any atom is -0.380 e. The molecular formula is C14H22ClNO. The second kappa shape index (κ2) is 8.51. The first-order chi connectivity index (χ1) is 8.24. The summed E-state index contributed by atoms with van der Waals surface area (Å²) in [7, 11) is 0. The Hall–Kier alpha value is -0.570. The van der Waals surface area contributed by atoms with Crippen molar-refractivity contribution in [2.24, 2.45) is 0 Å². The van der Waals surface area contributed by atoms with E-state index < -0.39 is 0 Å². The topological polar surface area (TPSA) is 21.3 Å². The van der Waals surface area contributed by atoms with Crippen LogP contribution in [0.2, 0.25) is 5.02 Å². The van der Waals surface area contributed by atoms with Gasteiger partial charge in [-0.05, 0) is 31.0 Å². The minimum atomic E-state index is 0.335. The van der Waals surface area contributed by atoms with Gasteiger partial charge in [0.1, 0.15) is 0 Å². The lowest BCUT2D eigenvalue weighted by Gasteiger charge is -2.14. The molecule has 1 unspecified atom stereocenters. The predicted molar refractivity (Wildman–Crippen MR) is 73.6 cm³/mol. The average molecular weight is 256 g/mol. The summed E-state index contributed by atoms with van der Waals surface area (Å²) in [6.45, 7) is 6.85. The molecule has 0 aliphatic rings. The third kappa shape index (κ3) is 6.06. The zero-order chi connectivity index (χ0) is 12.5. The van der Waals surface area contributed by atoms with Gasteiger partial charge in [-0.15, -0.1) is 0 Å². The maximum atomic E-state index is 5.85. The Balaban J connectivity index is 2.16. The largest absolute Gasteiger partial charge is 0.380 e. The van der Waals surface area contributed by atoms with E-state index in [1.807, 2.05) is 12.1 Å². The Morgan fingerprint density at radius 1 is 1.24 bits per heavy atom. The van der Waals surface area contributed by atoms with Crippen LogP contribution in [0.5, 0.6) is 0 Å². The predicted octanol–water partition coefficient (Wildman–Crippen LogP) is 3.81. The van der Waals surface area contributed by atoms with Gasteiger partial charge in [-0.25, -0.2) is 0 Å². The molecule has 0 bridgehead atoms. The van der Waals surface area contributed by atoms with Crippen LogP contribution in [0.1, 0.15) is 38.3 Å². The van der Waals surface area contributed by atoms with Crippen LogP contribution in [0, 0.1) is 0 Å². The minimum absolute atomic E-state index is 0.335. The zero-order valence-corrected chi connectivity index (χ0v) is 11.5. The molecule has 96 valence electrons. The van der Waals surface area contributed by atoms with Gasteiger partial charge >= 0.3 is 0 Å². The molecule has 0 heterocycles. The van der Waals surface area contributed by atoms with Crippen LogP contribution < -0.4 is 5.32 Å². The highest BCUT2D eigenvalue weighted by Gasteiger charge is 2.03. The highest BCUT2D eigenvalue weighted by Crippen LogP contribution is 2.15. The number of ether oxygens (including phenoxy) is 1. The van der Waals surface area contributed by atoms with E-state index >= 15 is 0 Å². The SMILES string of the molecule is CCCCOCCNC(C)c1ccc(Cl)cc1. The molecule has 0 aromatic heterocycles. The second-order valence-electron chi connectivity index (χ2n) is 4.19. The van der Waals surface area contributed by atoms with Crippen molar-refractivity contribution in [3.05, 3.63) is 34.9 Å². The number of rotatable bonds is 8. The van der Waals surface area contributed by atoms with Gasteiger partial charge in [-0.1, -0.05) is 37.1 Å².